The molecule has 0 saturated carbocycles. The lowest BCUT2D eigenvalue weighted by atomic mass is 9.82. The zero-order valence-electron chi connectivity index (χ0n) is 13.9. The van der Waals surface area contributed by atoms with Crippen molar-refractivity contribution in [2.24, 2.45) is 5.92 Å². The van der Waals surface area contributed by atoms with E-state index in [4.69, 9.17) is 4.74 Å². The summed E-state index contributed by atoms with van der Waals surface area (Å²) in [7, 11) is 0. The van der Waals surface area contributed by atoms with Crippen LogP contribution in [0.4, 0.5) is 0 Å². The maximum atomic E-state index is 11.8. The molecule has 1 rings (SSSR count). The van der Waals surface area contributed by atoms with E-state index in [0.29, 0.717) is 18.0 Å². The number of hydrogen-bond donors (Lipinski definition) is 1. The molecule has 116 valence electrons. The molecule has 0 fully saturated rings. The van der Waals surface area contributed by atoms with E-state index >= 15 is 0 Å². The first kappa shape index (κ1) is 17.4. The second kappa shape index (κ2) is 7.94. The van der Waals surface area contributed by atoms with Crippen LogP contribution in [0.15, 0.2) is 11.6 Å². The molecule has 0 aromatic rings. The summed E-state index contributed by atoms with van der Waals surface area (Å²) in [5.41, 5.74) is 0.914. The van der Waals surface area contributed by atoms with Gasteiger partial charge in [-0.3, -0.25) is 4.79 Å². The van der Waals surface area contributed by atoms with Gasteiger partial charge in [0, 0.05) is 18.0 Å². The average molecular weight is 281 g/mol. The summed E-state index contributed by atoms with van der Waals surface area (Å²) < 4.78 is 6.23. The van der Waals surface area contributed by atoms with Crippen LogP contribution in [0.3, 0.4) is 0 Å². The smallest absolute Gasteiger partial charge is 0.155 e. The van der Waals surface area contributed by atoms with E-state index in [1.54, 1.807) is 6.92 Å². The van der Waals surface area contributed by atoms with Gasteiger partial charge in [-0.05, 0) is 37.8 Å². The van der Waals surface area contributed by atoms with Gasteiger partial charge in [0.15, 0.2) is 5.78 Å². The summed E-state index contributed by atoms with van der Waals surface area (Å²) in [5.74, 6) is 0.562. The van der Waals surface area contributed by atoms with Crippen molar-refractivity contribution in [2.75, 3.05) is 0 Å². The Morgan fingerprint density at radius 1 is 1.40 bits per heavy atom. The van der Waals surface area contributed by atoms with Crippen LogP contribution < -0.4 is 5.32 Å². The Bertz CT molecular complexity index is 345. The van der Waals surface area contributed by atoms with Crippen LogP contribution in [0.5, 0.6) is 0 Å². The van der Waals surface area contributed by atoms with Crippen molar-refractivity contribution in [3.8, 4) is 0 Å². The van der Waals surface area contributed by atoms with E-state index in [2.05, 4.69) is 46.0 Å². The van der Waals surface area contributed by atoms with Crippen LogP contribution in [0.1, 0.15) is 60.8 Å². The molecule has 0 aliphatic heterocycles. The Balaban J connectivity index is 2.88. The second-order valence-electron chi connectivity index (χ2n) is 6.28. The summed E-state index contributed by atoms with van der Waals surface area (Å²) >= 11 is 0. The van der Waals surface area contributed by atoms with E-state index in [1.807, 2.05) is 0 Å². The monoisotopic (exact) mass is 281 g/mol. The minimum Gasteiger partial charge on any atom is -0.371 e. The summed E-state index contributed by atoms with van der Waals surface area (Å²) in [4.78, 5) is 11.8. The fraction of sp³-hybridized carbons (Fsp3) is 0.824. The van der Waals surface area contributed by atoms with Gasteiger partial charge in [0.2, 0.25) is 0 Å². The highest BCUT2D eigenvalue weighted by molar-refractivity contribution is 5.93. The highest BCUT2D eigenvalue weighted by Crippen LogP contribution is 2.29. The molecule has 1 N–H and O–H groups in total. The number of rotatable bonds is 7. The van der Waals surface area contributed by atoms with Gasteiger partial charge in [-0.2, -0.15) is 0 Å². The molecule has 1 aliphatic rings. The van der Waals surface area contributed by atoms with Crippen molar-refractivity contribution >= 4 is 5.78 Å². The topological polar surface area (TPSA) is 38.3 Å². The van der Waals surface area contributed by atoms with Gasteiger partial charge in [-0.15, -0.1) is 0 Å². The van der Waals surface area contributed by atoms with Crippen LogP contribution >= 0.6 is 0 Å². The number of nitrogens with one attached hydrogen (secondary N) is 1. The number of ketones is 1. The van der Waals surface area contributed by atoms with Gasteiger partial charge in [0.25, 0.3) is 0 Å². The highest BCUT2D eigenvalue weighted by Gasteiger charge is 2.33. The number of carbonyl (C=O) groups is 1. The lowest BCUT2D eigenvalue weighted by Gasteiger charge is -2.37. The van der Waals surface area contributed by atoms with Crippen LogP contribution in [-0.2, 0) is 9.53 Å². The largest absolute Gasteiger partial charge is 0.371 e. The Morgan fingerprint density at radius 2 is 2.00 bits per heavy atom. The van der Waals surface area contributed by atoms with Crippen LogP contribution in [0.25, 0.3) is 0 Å². The first-order valence-corrected chi connectivity index (χ1v) is 8.02. The van der Waals surface area contributed by atoms with Crippen molar-refractivity contribution < 1.29 is 9.53 Å². The molecule has 3 heteroatoms. The molecule has 0 saturated heterocycles. The molecular formula is C17H31NO2. The summed E-state index contributed by atoms with van der Waals surface area (Å²) in [6, 6.07) is 0.737. The van der Waals surface area contributed by atoms with E-state index in [1.165, 1.54) is 0 Å². The number of Topliss-reactive ketones (excluding diaryl/α,β-unsaturated/α-hetero) is 1. The van der Waals surface area contributed by atoms with Gasteiger partial charge >= 0.3 is 0 Å². The van der Waals surface area contributed by atoms with Gasteiger partial charge < -0.3 is 10.1 Å². The molecule has 0 spiro atoms. The van der Waals surface area contributed by atoms with Crippen molar-refractivity contribution in [3.63, 3.8) is 0 Å². The maximum Gasteiger partial charge on any atom is 0.155 e. The molecule has 0 bridgehead atoms. The zero-order chi connectivity index (χ0) is 15.3. The molecule has 20 heavy (non-hydrogen) atoms. The van der Waals surface area contributed by atoms with Crippen molar-refractivity contribution in [1.82, 2.24) is 5.32 Å². The minimum absolute atomic E-state index is 0.0452. The molecule has 0 amide bonds. The first-order valence-electron chi connectivity index (χ1n) is 8.02. The standard InChI is InChI=1S/C17H31NO2/c1-7-15(8-2)20-17-10-14(13(6)19)9-16(12(17)5)18-11(3)4/h10-12,15-18H,7-9H2,1-6H3/t12-,16+,17?/m1/s1. The summed E-state index contributed by atoms with van der Waals surface area (Å²) in [5, 5.41) is 3.58. The van der Waals surface area contributed by atoms with E-state index < -0.39 is 0 Å². The average Bonchev–Trinajstić information content (AvgIpc) is 2.38. The molecule has 1 aliphatic carbocycles. The normalized spacial score (nSPS) is 27.0. The third kappa shape index (κ3) is 4.71. The number of ether oxygens (including phenoxy) is 1. The third-order valence-electron chi connectivity index (χ3n) is 4.22. The van der Waals surface area contributed by atoms with E-state index in [-0.39, 0.29) is 18.0 Å². The summed E-state index contributed by atoms with van der Waals surface area (Å²) in [6.45, 7) is 12.5. The Labute approximate surface area is 124 Å². The van der Waals surface area contributed by atoms with Crippen LogP contribution in [0, 0.1) is 5.92 Å². The lowest BCUT2D eigenvalue weighted by Crippen LogP contribution is -2.47. The van der Waals surface area contributed by atoms with E-state index in [9.17, 15) is 4.79 Å². The number of hydrogen-bond acceptors (Lipinski definition) is 3. The van der Waals surface area contributed by atoms with Gasteiger partial charge in [-0.1, -0.05) is 34.6 Å². The lowest BCUT2D eigenvalue weighted by molar-refractivity contribution is -0.114. The fourth-order valence-electron chi connectivity index (χ4n) is 2.84. The van der Waals surface area contributed by atoms with Gasteiger partial charge in [0.1, 0.15) is 0 Å². The molecular weight excluding hydrogens is 250 g/mol. The predicted molar refractivity (Wildman–Crippen MR) is 83.8 cm³/mol. The minimum atomic E-state index is 0.0452. The van der Waals surface area contributed by atoms with Crippen molar-refractivity contribution in [2.45, 2.75) is 85.1 Å². The predicted octanol–water partition coefficient (Wildman–Crippen LogP) is 3.48. The molecule has 3 atom stereocenters. The van der Waals surface area contributed by atoms with Crippen LogP contribution in [-0.4, -0.2) is 30.1 Å². The molecule has 0 heterocycles. The Hall–Kier alpha value is -0.670. The van der Waals surface area contributed by atoms with Gasteiger partial charge in [-0.25, -0.2) is 0 Å². The van der Waals surface area contributed by atoms with Crippen LogP contribution in [0.2, 0.25) is 0 Å². The second-order valence-corrected chi connectivity index (χ2v) is 6.28. The molecule has 3 nitrogen and oxygen atoms in total. The van der Waals surface area contributed by atoms with E-state index in [0.717, 1.165) is 24.8 Å². The maximum absolute atomic E-state index is 11.8. The molecule has 0 aromatic heterocycles. The third-order valence-corrected chi connectivity index (χ3v) is 4.22. The van der Waals surface area contributed by atoms with Crippen molar-refractivity contribution in [1.29, 1.82) is 0 Å². The molecule has 1 unspecified atom stereocenters. The Kier molecular flexibility index (Phi) is 6.90. The quantitative estimate of drug-likeness (QED) is 0.776. The number of carbonyl (C=O) groups excluding carboxylic acids is 1. The fourth-order valence-corrected chi connectivity index (χ4v) is 2.84. The summed E-state index contributed by atoms with van der Waals surface area (Å²) in [6.07, 6.45) is 5.24. The molecule has 0 radical (unpaired) electrons. The highest BCUT2D eigenvalue weighted by atomic mass is 16.5. The van der Waals surface area contributed by atoms with Crippen molar-refractivity contribution in [3.05, 3.63) is 11.6 Å². The van der Waals surface area contributed by atoms with Gasteiger partial charge in [0.05, 0.1) is 12.2 Å². The zero-order valence-corrected chi connectivity index (χ0v) is 13.9. The molecule has 0 aromatic carbocycles. The SMILES string of the molecule is CCC(CC)OC1C=C(C(C)=O)C[C@H](NC(C)C)[C@H]1C. The Morgan fingerprint density at radius 3 is 2.45 bits per heavy atom. The first-order chi connectivity index (χ1) is 9.38.